The molecule has 112 valence electrons. The average molecular weight is 317 g/mol. The van der Waals surface area contributed by atoms with Crippen LogP contribution in [0, 0.1) is 0 Å². The first kappa shape index (κ1) is 17.1. The number of carbonyl (C=O) groups excluding carboxylic acids is 1. The Labute approximate surface area is 131 Å². The molecular formula is C15H22Cl2N2O. The fourth-order valence-corrected chi connectivity index (χ4v) is 2.09. The molecule has 0 aliphatic heterocycles. The Bertz CT molecular complexity index is 430. The number of hydrogen-bond acceptors (Lipinski definition) is 1. The second-order valence-electron chi connectivity index (χ2n) is 4.75. The molecule has 1 aromatic carbocycles. The fourth-order valence-electron chi connectivity index (χ4n) is 1.79. The van der Waals surface area contributed by atoms with Crippen LogP contribution in [0.25, 0.3) is 0 Å². The molecule has 0 aliphatic rings. The maximum absolute atomic E-state index is 12.3. The molecule has 0 atom stereocenters. The molecule has 0 spiro atoms. The van der Waals surface area contributed by atoms with E-state index in [2.05, 4.69) is 19.2 Å². The lowest BCUT2D eigenvalue weighted by Crippen LogP contribution is -2.36. The smallest absolute Gasteiger partial charge is 0.321 e. The lowest BCUT2D eigenvalue weighted by Gasteiger charge is -2.23. The van der Waals surface area contributed by atoms with Crippen molar-refractivity contribution in [2.75, 3.05) is 18.4 Å². The molecule has 5 heteroatoms. The summed E-state index contributed by atoms with van der Waals surface area (Å²) < 4.78 is 0. The molecule has 1 rings (SSSR count). The number of nitrogens with zero attached hydrogens (tertiary/aromatic N) is 1. The Hall–Kier alpha value is -0.930. The van der Waals surface area contributed by atoms with Crippen LogP contribution in [0.4, 0.5) is 10.5 Å². The maximum atomic E-state index is 12.3. The van der Waals surface area contributed by atoms with Crippen molar-refractivity contribution >= 4 is 34.9 Å². The Morgan fingerprint density at radius 1 is 1.10 bits per heavy atom. The molecule has 1 aromatic rings. The molecule has 0 unspecified atom stereocenters. The van der Waals surface area contributed by atoms with E-state index >= 15 is 0 Å². The highest BCUT2D eigenvalue weighted by molar-refractivity contribution is 6.42. The van der Waals surface area contributed by atoms with E-state index in [-0.39, 0.29) is 6.03 Å². The van der Waals surface area contributed by atoms with E-state index in [4.69, 9.17) is 23.2 Å². The zero-order valence-corrected chi connectivity index (χ0v) is 13.6. The van der Waals surface area contributed by atoms with Crippen LogP contribution >= 0.6 is 23.2 Å². The Kier molecular flexibility index (Phi) is 7.78. The van der Waals surface area contributed by atoms with Crippen molar-refractivity contribution in [2.24, 2.45) is 0 Å². The summed E-state index contributed by atoms with van der Waals surface area (Å²) in [6, 6.07) is 5.02. The number of rotatable bonds is 7. The van der Waals surface area contributed by atoms with Crippen molar-refractivity contribution in [1.82, 2.24) is 4.90 Å². The third-order valence-corrected chi connectivity index (χ3v) is 3.76. The van der Waals surface area contributed by atoms with Crippen LogP contribution in [-0.2, 0) is 0 Å². The fraction of sp³-hybridized carbons (Fsp3) is 0.533. The van der Waals surface area contributed by atoms with Gasteiger partial charge in [-0.05, 0) is 31.0 Å². The highest BCUT2D eigenvalue weighted by atomic mass is 35.5. The van der Waals surface area contributed by atoms with Crippen molar-refractivity contribution in [2.45, 2.75) is 39.5 Å². The second kappa shape index (κ2) is 9.09. The van der Waals surface area contributed by atoms with Gasteiger partial charge in [-0.2, -0.15) is 0 Å². The molecule has 0 bridgehead atoms. The van der Waals surface area contributed by atoms with Gasteiger partial charge in [0.15, 0.2) is 0 Å². The molecule has 0 heterocycles. The highest BCUT2D eigenvalue weighted by Crippen LogP contribution is 2.25. The molecule has 0 fully saturated rings. The Balaban J connectivity index is 2.65. The lowest BCUT2D eigenvalue weighted by molar-refractivity contribution is 0.210. The SMILES string of the molecule is CCCCN(CCCC)C(=O)Nc1ccc(Cl)c(Cl)c1. The largest absolute Gasteiger partial charge is 0.325 e. The standard InChI is InChI=1S/C15H22Cl2N2O/c1-3-5-9-19(10-6-4-2)15(20)18-12-7-8-13(16)14(17)11-12/h7-8,11H,3-6,9-10H2,1-2H3,(H,18,20). The maximum Gasteiger partial charge on any atom is 0.321 e. The Morgan fingerprint density at radius 3 is 2.20 bits per heavy atom. The summed E-state index contributed by atoms with van der Waals surface area (Å²) in [4.78, 5) is 14.1. The summed E-state index contributed by atoms with van der Waals surface area (Å²) >= 11 is 11.8. The van der Waals surface area contributed by atoms with Gasteiger partial charge in [-0.25, -0.2) is 4.79 Å². The molecule has 2 amide bonds. The molecule has 0 radical (unpaired) electrons. The van der Waals surface area contributed by atoms with E-state index in [0.717, 1.165) is 38.8 Å². The quantitative estimate of drug-likeness (QED) is 0.715. The number of urea groups is 1. The topological polar surface area (TPSA) is 32.3 Å². The van der Waals surface area contributed by atoms with E-state index in [1.165, 1.54) is 0 Å². The average Bonchev–Trinajstić information content (AvgIpc) is 2.43. The van der Waals surface area contributed by atoms with Crippen LogP contribution in [0.2, 0.25) is 10.0 Å². The van der Waals surface area contributed by atoms with Gasteiger partial charge in [0.05, 0.1) is 10.0 Å². The monoisotopic (exact) mass is 316 g/mol. The molecule has 0 saturated carbocycles. The van der Waals surface area contributed by atoms with Gasteiger partial charge in [0, 0.05) is 18.8 Å². The van der Waals surface area contributed by atoms with Gasteiger partial charge in [0.1, 0.15) is 0 Å². The van der Waals surface area contributed by atoms with Crippen LogP contribution < -0.4 is 5.32 Å². The summed E-state index contributed by atoms with van der Waals surface area (Å²) in [6.07, 6.45) is 4.17. The molecule has 3 nitrogen and oxygen atoms in total. The van der Waals surface area contributed by atoms with E-state index in [9.17, 15) is 4.79 Å². The molecule has 0 aromatic heterocycles. The van der Waals surface area contributed by atoms with E-state index in [0.29, 0.717) is 15.7 Å². The van der Waals surface area contributed by atoms with Crippen molar-refractivity contribution in [1.29, 1.82) is 0 Å². The van der Waals surface area contributed by atoms with Crippen molar-refractivity contribution in [3.63, 3.8) is 0 Å². The predicted molar refractivity (Wildman–Crippen MR) is 86.9 cm³/mol. The number of anilines is 1. The van der Waals surface area contributed by atoms with E-state index in [1.54, 1.807) is 18.2 Å². The van der Waals surface area contributed by atoms with E-state index in [1.807, 2.05) is 4.90 Å². The van der Waals surface area contributed by atoms with Gasteiger partial charge >= 0.3 is 6.03 Å². The van der Waals surface area contributed by atoms with Gasteiger partial charge in [-0.3, -0.25) is 0 Å². The zero-order valence-electron chi connectivity index (χ0n) is 12.1. The van der Waals surface area contributed by atoms with Gasteiger partial charge in [0.2, 0.25) is 0 Å². The molecule has 0 aliphatic carbocycles. The van der Waals surface area contributed by atoms with Gasteiger partial charge in [-0.15, -0.1) is 0 Å². The van der Waals surface area contributed by atoms with Crippen LogP contribution in [0.3, 0.4) is 0 Å². The number of amides is 2. The van der Waals surface area contributed by atoms with Crippen LogP contribution in [0.5, 0.6) is 0 Å². The van der Waals surface area contributed by atoms with Crippen LogP contribution in [0.15, 0.2) is 18.2 Å². The first-order chi connectivity index (χ1) is 9.58. The van der Waals surface area contributed by atoms with Crippen LogP contribution in [0.1, 0.15) is 39.5 Å². The lowest BCUT2D eigenvalue weighted by atomic mass is 10.2. The van der Waals surface area contributed by atoms with Crippen LogP contribution in [-0.4, -0.2) is 24.0 Å². The van der Waals surface area contributed by atoms with Crippen molar-refractivity contribution in [3.8, 4) is 0 Å². The number of nitrogens with one attached hydrogen (secondary N) is 1. The molecular weight excluding hydrogens is 295 g/mol. The summed E-state index contributed by atoms with van der Waals surface area (Å²) in [7, 11) is 0. The predicted octanol–water partition coefficient (Wildman–Crippen LogP) is 5.43. The number of carbonyl (C=O) groups is 1. The van der Waals surface area contributed by atoms with E-state index < -0.39 is 0 Å². The molecule has 20 heavy (non-hydrogen) atoms. The van der Waals surface area contributed by atoms with Crippen molar-refractivity contribution in [3.05, 3.63) is 28.2 Å². The normalized spacial score (nSPS) is 10.4. The minimum absolute atomic E-state index is 0.0784. The summed E-state index contributed by atoms with van der Waals surface area (Å²) in [5.41, 5.74) is 0.669. The highest BCUT2D eigenvalue weighted by Gasteiger charge is 2.13. The number of halogens is 2. The summed E-state index contributed by atoms with van der Waals surface area (Å²) in [5, 5.41) is 3.80. The van der Waals surface area contributed by atoms with Crippen molar-refractivity contribution < 1.29 is 4.79 Å². The molecule has 0 saturated heterocycles. The minimum atomic E-state index is -0.0784. The summed E-state index contributed by atoms with van der Waals surface area (Å²) in [5.74, 6) is 0. The number of hydrogen-bond donors (Lipinski definition) is 1. The first-order valence-corrected chi connectivity index (χ1v) is 7.85. The minimum Gasteiger partial charge on any atom is -0.325 e. The third-order valence-electron chi connectivity index (χ3n) is 3.02. The van der Waals surface area contributed by atoms with Gasteiger partial charge in [0.25, 0.3) is 0 Å². The Morgan fingerprint density at radius 2 is 1.70 bits per heavy atom. The molecule has 1 N–H and O–H groups in total. The third kappa shape index (κ3) is 5.59. The van der Waals surface area contributed by atoms with Gasteiger partial charge in [-0.1, -0.05) is 49.9 Å². The first-order valence-electron chi connectivity index (χ1n) is 7.09. The number of benzene rings is 1. The summed E-state index contributed by atoms with van der Waals surface area (Å²) in [6.45, 7) is 5.80. The zero-order chi connectivity index (χ0) is 15.0. The van der Waals surface area contributed by atoms with Gasteiger partial charge < -0.3 is 10.2 Å². The second-order valence-corrected chi connectivity index (χ2v) is 5.57. The number of unbranched alkanes of at least 4 members (excludes halogenated alkanes) is 2.